The molecule has 1 amide bonds. The van der Waals surface area contributed by atoms with E-state index >= 15 is 0 Å². The van der Waals surface area contributed by atoms with Crippen LogP contribution in [0.25, 0.3) is 0 Å². The van der Waals surface area contributed by atoms with E-state index in [2.05, 4.69) is 10.5 Å². The van der Waals surface area contributed by atoms with Gasteiger partial charge >= 0.3 is 0 Å². The van der Waals surface area contributed by atoms with Crippen molar-refractivity contribution in [2.75, 3.05) is 13.2 Å². The van der Waals surface area contributed by atoms with E-state index in [1.807, 2.05) is 56.3 Å². The summed E-state index contributed by atoms with van der Waals surface area (Å²) in [4.78, 5) is 12.3. The lowest BCUT2D eigenvalue weighted by atomic mass is 10.2. The van der Waals surface area contributed by atoms with Gasteiger partial charge in [-0.25, -0.2) is 5.43 Å². The molecular weight excluding hydrogens is 440 g/mol. The molecule has 172 valence electrons. The van der Waals surface area contributed by atoms with E-state index in [1.165, 1.54) is 0 Å². The number of amides is 1. The third-order valence-electron chi connectivity index (χ3n) is 4.54. The Bertz CT molecular complexity index is 1070. The average Bonchev–Trinajstić information content (AvgIpc) is 2.83. The number of carbonyl (C=O) groups excluding carboxylic acids is 1. The Morgan fingerprint density at radius 3 is 2.39 bits per heavy atom. The maximum atomic E-state index is 12.3. The van der Waals surface area contributed by atoms with Crippen molar-refractivity contribution in [3.05, 3.63) is 88.4 Å². The molecule has 0 fully saturated rings. The SMILES string of the molecule is CCCOc1ccc(C(=O)N/N=C\c2ccc(OCc3ccc(Cl)cc3)c(OCC)c2)cc1. The second-order valence-electron chi connectivity index (χ2n) is 7.13. The Morgan fingerprint density at radius 2 is 1.70 bits per heavy atom. The highest BCUT2D eigenvalue weighted by Crippen LogP contribution is 2.29. The maximum Gasteiger partial charge on any atom is 0.271 e. The lowest BCUT2D eigenvalue weighted by Crippen LogP contribution is -2.17. The van der Waals surface area contributed by atoms with Gasteiger partial charge in [-0.1, -0.05) is 30.7 Å². The van der Waals surface area contributed by atoms with Crippen molar-refractivity contribution in [2.24, 2.45) is 5.10 Å². The van der Waals surface area contributed by atoms with Crippen LogP contribution in [0, 0.1) is 0 Å². The zero-order valence-electron chi connectivity index (χ0n) is 18.7. The van der Waals surface area contributed by atoms with Gasteiger partial charge in [-0.3, -0.25) is 4.79 Å². The Hall–Kier alpha value is -3.51. The van der Waals surface area contributed by atoms with E-state index in [4.69, 9.17) is 25.8 Å². The molecule has 6 nitrogen and oxygen atoms in total. The standard InChI is InChI=1S/C26H27ClN2O4/c1-3-15-32-23-12-8-21(9-13-23)26(30)29-28-17-20-7-14-24(25(16-20)31-4-2)33-18-19-5-10-22(27)11-6-19/h5-14,16-17H,3-4,15,18H2,1-2H3,(H,29,30)/b28-17-. The maximum absolute atomic E-state index is 12.3. The first-order valence-corrected chi connectivity index (χ1v) is 11.2. The van der Waals surface area contributed by atoms with Gasteiger partial charge in [0.25, 0.3) is 5.91 Å². The highest BCUT2D eigenvalue weighted by atomic mass is 35.5. The molecule has 0 spiro atoms. The molecule has 0 saturated carbocycles. The van der Waals surface area contributed by atoms with Gasteiger partial charge in [0, 0.05) is 10.6 Å². The quantitative estimate of drug-likeness (QED) is 0.283. The van der Waals surface area contributed by atoms with Crippen molar-refractivity contribution in [1.29, 1.82) is 0 Å². The summed E-state index contributed by atoms with van der Waals surface area (Å²) in [6, 6.07) is 19.9. The normalized spacial score (nSPS) is 10.8. The van der Waals surface area contributed by atoms with Crippen LogP contribution in [0.15, 0.2) is 71.8 Å². The number of hydrazone groups is 1. The van der Waals surface area contributed by atoms with Gasteiger partial charge < -0.3 is 14.2 Å². The molecule has 0 atom stereocenters. The molecule has 33 heavy (non-hydrogen) atoms. The van der Waals surface area contributed by atoms with Gasteiger partial charge in [0.05, 0.1) is 19.4 Å². The fourth-order valence-electron chi connectivity index (χ4n) is 2.89. The van der Waals surface area contributed by atoms with Crippen LogP contribution < -0.4 is 19.6 Å². The molecule has 3 aromatic carbocycles. The van der Waals surface area contributed by atoms with Crippen molar-refractivity contribution in [1.82, 2.24) is 5.43 Å². The third kappa shape index (κ3) is 7.54. The van der Waals surface area contributed by atoms with E-state index in [1.54, 1.807) is 30.5 Å². The Balaban J connectivity index is 1.59. The number of hydrogen-bond donors (Lipinski definition) is 1. The number of hydrogen-bond acceptors (Lipinski definition) is 5. The summed E-state index contributed by atoms with van der Waals surface area (Å²) >= 11 is 5.93. The molecule has 0 aliphatic carbocycles. The number of rotatable bonds is 11. The van der Waals surface area contributed by atoms with Gasteiger partial charge in [-0.15, -0.1) is 0 Å². The Morgan fingerprint density at radius 1 is 0.939 bits per heavy atom. The van der Waals surface area contributed by atoms with Crippen LogP contribution in [0.4, 0.5) is 0 Å². The highest BCUT2D eigenvalue weighted by Gasteiger charge is 2.08. The molecule has 0 aliphatic rings. The minimum atomic E-state index is -0.304. The highest BCUT2D eigenvalue weighted by molar-refractivity contribution is 6.30. The van der Waals surface area contributed by atoms with Crippen LogP contribution in [0.1, 0.15) is 41.8 Å². The molecular formula is C26H27ClN2O4. The van der Waals surface area contributed by atoms with Crippen molar-refractivity contribution in [2.45, 2.75) is 26.9 Å². The largest absolute Gasteiger partial charge is 0.494 e. The van der Waals surface area contributed by atoms with Crippen molar-refractivity contribution in [3.63, 3.8) is 0 Å². The molecule has 0 saturated heterocycles. The first kappa shape index (κ1) is 24.1. The number of halogens is 1. The fourth-order valence-corrected chi connectivity index (χ4v) is 3.01. The van der Waals surface area contributed by atoms with Crippen LogP contribution in [0.3, 0.4) is 0 Å². The minimum Gasteiger partial charge on any atom is -0.494 e. The molecule has 0 aliphatic heterocycles. The number of nitrogens with one attached hydrogen (secondary N) is 1. The average molecular weight is 467 g/mol. The summed E-state index contributed by atoms with van der Waals surface area (Å²) in [5, 5.41) is 4.74. The molecule has 3 rings (SSSR count). The van der Waals surface area contributed by atoms with Gasteiger partial charge in [0.2, 0.25) is 0 Å². The lowest BCUT2D eigenvalue weighted by molar-refractivity contribution is 0.0955. The molecule has 0 radical (unpaired) electrons. The number of carbonyl (C=O) groups is 1. The first-order valence-electron chi connectivity index (χ1n) is 10.8. The molecule has 0 bridgehead atoms. The summed E-state index contributed by atoms with van der Waals surface area (Å²) in [5.74, 6) is 1.66. The molecule has 1 N–H and O–H groups in total. The Labute approximate surface area is 199 Å². The summed E-state index contributed by atoms with van der Waals surface area (Å²) in [6.45, 7) is 5.47. The van der Waals surface area contributed by atoms with Crippen molar-refractivity contribution >= 4 is 23.7 Å². The molecule has 7 heteroatoms. The summed E-state index contributed by atoms with van der Waals surface area (Å²) in [5.41, 5.74) is 4.80. The molecule has 3 aromatic rings. The van der Waals surface area contributed by atoms with E-state index in [9.17, 15) is 4.79 Å². The number of benzene rings is 3. The second-order valence-corrected chi connectivity index (χ2v) is 7.56. The smallest absolute Gasteiger partial charge is 0.271 e. The second kappa shape index (κ2) is 12.5. The third-order valence-corrected chi connectivity index (χ3v) is 4.80. The van der Waals surface area contributed by atoms with E-state index in [-0.39, 0.29) is 5.91 Å². The van der Waals surface area contributed by atoms with Crippen LogP contribution in [0.2, 0.25) is 5.02 Å². The first-order chi connectivity index (χ1) is 16.1. The van der Waals surface area contributed by atoms with Crippen LogP contribution in [0.5, 0.6) is 17.2 Å². The monoisotopic (exact) mass is 466 g/mol. The molecule has 0 unspecified atom stereocenters. The fraction of sp³-hybridized carbons (Fsp3) is 0.231. The van der Waals surface area contributed by atoms with Gasteiger partial charge in [-0.05, 0) is 79.1 Å². The lowest BCUT2D eigenvalue weighted by Gasteiger charge is -2.12. The van der Waals surface area contributed by atoms with Crippen molar-refractivity contribution < 1.29 is 19.0 Å². The van der Waals surface area contributed by atoms with Crippen molar-refractivity contribution in [3.8, 4) is 17.2 Å². The predicted octanol–water partition coefficient (Wildman–Crippen LogP) is 5.87. The number of nitrogens with zero attached hydrogens (tertiary/aromatic N) is 1. The summed E-state index contributed by atoms with van der Waals surface area (Å²) in [6.07, 6.45) is 2.49. The minimum absolute atomic E-state index is 0.304. The zero-order chi connectivity index (χ0) is 23.5. The zero-order valence-corrected chi connectivity index (χ0v) is 19.5. The van der Waals surface area contributed by atoms with E-state index in [0.717, 1.165) is 23.3 Å². The molecule has 0 aromatic heterocycles. The topological polar surface area (TPSA) is 69.2 Å². The van der Waals surface area contributed by atoms with Gasteiger partial charge in [0.1, 0.15) is 12.4 Å². The van der Waals surface area contributed by atoms with Crippen LogP contribution >= 0.6 is 11.6 Å². The van der Waals surface area contributed by atoms with Gasteiger partial charge in [0.15, 0.2) is 11.5 Å². The summed E-state index contributed by atoms with van der Waals surface area (Å²) in [7, 11) is 0. The summed E-state index contributed by atoms with van der Waals surface area (Å²) < 4.78 is 17.2. The van der Waals surface area contributed by atoms with Crippen LogP contribution in [-0.4, -0.2) is 25.3 Å². The Kier molecular flexibility index (Phi) is 9.15. The predicted molar refractivity (Wildman–Crippen MR) is 131 cm³/mol. The molecule has 0 heterocycles. The van der Waals surface area contributed by atoms with E-state index < -0.39 is 0 Å². The van der Waals surface area contributed by atoms with Gasteiger partial charge in [-0.2, -0.15) is 5.10 Å². The number of ether oxygens (including phenoxy) is 3. The van der Waals surface area contributed by atoms with Crippen LogP contribution in [-0.2, 0) is 6.61 Å². The van der Waals surface area contributed by atoms with E-state index in [0.29, 0.717) is 41.9 Å².